The highest BCUT2D eigenvalue weighted by Crippen LogP contribution is 2.41. The fraction of sp³-hybridized carbons (Fsp3) is 0.0625. The van der Waals surface area contributed by atoms with Crippen LogP contribution in [-0.2, 0) is 0 Å². The summed E-state index contributed by atoms with van der Waals surface area (Å²) in [5, 5.41) is 3.91. The fourth-order valence-electron chi connectivity index (χ4n) is 2.24. The summed E-state index contributed by atoms with van der Waals surface area (Å²) < 4.78 is 11.8. The first kappa shape index (κ1) is 13.7. The van der Waals surface area contributed by atoms with Crippen LogP contribution in [-0.4, -0.2) is 12.3 Å². The number of aromatic nitrogens is 1. The summed E-state index contributed by atoms with van der Waals surface area (Å²) in [6, 6.07) is 15.4. The van der Waals surface area contributed by atoms with Crippen LogP contribution in [0.5, 0.6) is 5.75 Å². The van der Waals surface area contributed by atoms with Crippen LogP contribution in [0.1, 0.15) is 0 Å². The highest BCUT2D eigenvalue weighted by atomic mass is 79.9. The smallest absolute Gasteiger partial charge is 0.177 e. The molecule has 0 amide bonds. The number of hydrogen-bond donors (Lipinski definition) is 1. The van der Waals surface area contributed by atoms with E-state index in [0.29, 0.717) is 11.6 Å². The average Bonchev–Trinajstić information content (AvgIpc) is 2.89. The third-order valence-corrected chi connectivity index (χ3v) is 3.67. The summed E-state index contributed by atoms with van der Waals surface area (Å²) >= 11 is 3.46. The van der Waals surface area contributed by atoms with Gasteiger partial charge in [0.05, 0.1) is 12.7 Å². The Balaban J connectivity index is 2.22. The Morgan fingerprint density at radius 3 is 2.71 bits per heavy atom. The van der Waals surface area contributed by atoms with E-state index in [-0.39, 0.29) is 0 Å². The van der Waals surface area contributed by atoms with Crippen molar-refractivity contribution < 1.29 is 9.26 Å². The van der Waals surface area contributed by atoms with Gasteiger partial charge in [0, 0.05) is 15.6 Å². The van der Waals surface area contributed by atoms with Crippen molar-refractivity contribution in [2.75, 3.05) is 12.8 Å². The zero-order valence-corrected chi connectivity index (χ0v) is 12.9. The summed E-state index contributed by atoms with van der Waals surface area (Å²) in [6.45, 7) is 0. The van der Waals surface area contributed by atoms with E-state index in [2.05, 4.69) is 21.1 Å². The molecule has 0 aliphatic carbocycles. The Morgan fingerprint density at radius 2 is 1.95 bits per heavy atom. The molecule has 0 unspecified atom stereocenters. The van der Waals surface area contributed by atoms with E-state index in [1.54, 1.807) is 7.11 Å². The van der Waals surface area contributed by atoms with E-state index < -0.39 is 0 Å². The molecule has 0 saturated heterocycles. The molecule has 21 heavy (non-hydrogen) atoms. The molecule has 2 aromatic carbocycles. The first-order chi connectivity index (χ1) is 10.2. The van der Waals surface area contributed by atoms with Crippen LogP contribution in [0.2, 0.25) is 0 Å². The maximum Gasteiger partial charge on any atom is 0.177 e. The molecule has 0 atom stereocenters. The summed E-state index contributed by atoms with van der Waals surface area (Å²) in [5.41, 5.74) is 8.49. The lowest BCUT2D eigenvalue weighted by atomic mass is 10.0. The van der Waals surface area contributed by atoms with Gasteiger partial charge in [-0.1, -0.05) is 51.4 Å². The normalized spacial score (nSPS) is 10.6. The highest BCUT2D eigenvalue weighted by Gasteiger charge is 2.20. The topological polar surface area (TPSA) is 61.3 Å². The Kier molecular flexibility index (Phi) is 3.66. The van der Waals surface area contributed by atoms with Crippen LogP contribution in [0.25, 0.3) is 22.5 Å². The molecule has 3 rings (SSSR count). The fourth-order valence-corrected chi connectivity index (χ4v) is 2.64. The molecule has 0 fully saturated rings. The minimum absolute atomic E-state index is 0.342. The molecule has 3 aromatic rings. The Labute approximate surface area is 130 Å². The molecule has 106 valence electrons. The average molecular weight is 345 g/mol. The van der Waals surface area contributed by atoms with Gasteiger partial charge in [0.15, 0.2) is 11.6 Å². The predicted molar refractivity (Wildman–Crippen MR) is 86.0 cm³/mol. The molecule has 1 heterocycles. The lowest BCUT2D eigenvalue weighted by molar-refractivity contribution is 0.416. The maximum absolute atomic E-state index is 6.00. The van der Waals surface area contributed by atoms with Crippen molar-refractivity contribution in [3.63, 3.8) is 0 Å². The van der Waals surface area contributed by atoms with Gasteiger partial charge in [0.25, 0.3) is 0 Å². The van der Waals surface area contributed by atoms with Gasteiger partial charge in [-0.05, 0) is 18.2 Å². The number of hydrogen-bond acceptors (Lipinski definition) is 4. The SMILES string of the molecule is COc1ccccc1-c1c(N)noc1-c1cccc(Br)c1. The lowest BCUT2D eigenvalue weighted by Gasteiger charge is -2.08. The van der Waals surface area contributed by atoms with Crippen LogP contribution in [0.15, 0.2) is 57.5 Å². The van der Waals surface area contributed by atoms with E-state index in [4.69, 9.17) is 15.0 Å². The largest absolute Gasteiger partial charge is 0.496 e. The number of methoxy groups -OCH3 is 1. The standard InChI is InChI=1S/C16H13BrN2O2/c1-20-13-8-3-2-7-12(13)14-15(21-19-16(14)18)10-5-4-6-11(17)9-10/h2-9H,1H3,(H2,18,19). The van der Waals surface area contributed by atoms with Gasteiger partial charge in [-0.25, -0.2) is 0 Å². The molecule has 5 heteroatoms. The molecule has 0 aliphatic heterocycles. The second-order valence-corrected chi connectivity index (χ2v) is 5.40. The third kappa shape index (κ3) is 2.52. The number of nitrogens with zero attached hydrogens (tertiary/aromatic N) is 1. The van der Waals surface area contributed by atoms with Crippen molar-refractivity contribution in [1.82, 2.24) is 5.16 Å². The molecule has 0 spiro atoms. The van der Waals surface area contributed by atoms with Crippen molar-refractivity contribution >= 4 is 21.7 Å². The summed E-state index contributed by atoms with van der Waals surface area (Å²) in [4.78, 5) is 0. The zero-order valence-electron chi connectivity index (χ0n) is 11.3. The maximum atomic E-state index is 6.00. The van der Waals surface area contributed by atoms with Crippen molar-refractivity contribution in [1.29, 1.82) is 0 Å². The van der Waals surface area contributed by atoms with Crippen LogP contribution in [0.4, 0.5) is 5.82 Å². The first-order valence-electron chi connectivity index (χ1n) is 6.35. The molecular formula is C16H13BrN2O2. The number of rotatable bonds is 3. The number of nitrogens with two attached hydrogens (primary N) is 1. The predicted octanol–water partition coefficient (Wildman–Crippen LogP) is 4.36. The highest BCUT2D eigenvalue weighted by molar-refractivity contribution is 9.10. The van der Waals surface area contributed by atoms with E-state index >= 15 is 0 Å². The van der Waals surface area contributed by atoms with Gasteiger partial charge >= 0.3 is 0 Å². The summed E-state index contributed by atoms with van der Waals surface area (Å²) in [5.74, 6) is 1.69. The lowest BCUT2D eigenvalue weighted by Crippen LogP contribution is -1.92. The number of ether oxygens (including phenoxy) is 1. The monoisotopic (exact) mass is 344 g/mol. The van der Waals surface area contributed by atoms with E-state index in [1.807, 2.05) is 48.5 Å². The van der Waals surface area contributed by atoms with Crippen LogP contribution in [0.3, 0.4) is 0 Å². The van der Waals surface area contributed by atoms with Crippen molar-refractivity contribution in [2.24, 2.45) is 0 Å². The summed E-state index contributed by atoms with van der Waals surface area (Å²) in [6.07, 6.45) is 0. The number of benzene rings is 2. The Bertz CT molecular complexity index is 783. The molecule has 2 N–H and O–H groups in total. The van der Waals surface area contributed by atoms with Gasteiger partial charge in [-0.15, -0.1) is 0 Å². The minimum atomic E-state index is 0.342. The van der Waals surface area contributed by atoms with Gasteiger partial charge in [0.1, 0.15) is 5.75 Å². The van der Waals surface area contributed by atoms with Gasteiger partial charge < -0.3 is 15.0 Å². The van der Waals surface area contributed by atoms with Crippen molar-refractivity contribution in [3.05, 3.63) is 53.0 Å². The molecule has 0 saturated carbocycles. The Hall–Kier alpha value is -2.27. The quantitative estimate of drug-likeness (QED) is 0.766. The third-order valence-electron chi connectivity index (χ3n) is 3.18. The van der Waals surface area contributed by atoms with E-state index in [9.17, 15) is 0 Å². The van der Waals surface area contributed by atoms with Crippen molar-refractivity contribution in [2.45, 2.75) is 0 Å². The number of nitrogen functional groups attached to an aromatic ring is 1. The van der Waals surface area contributed by atoms with Gasteiger partial charge in [-0.2, -0.15) is 0 Å². The second-order valence-electron chi connectivity index (χ2n) is 4.48. The minimum Gasteiger partial charge on any atom is -0.496 e. The molecule has 0 aliphatic rings. The zero-order chi connectivity index (χ0) is 14.8. The van der Waals surface area contributed by atoms with E-state index in [1.165, 1.54) is 0 Å². The molecule has 1 aromatic heterocycles. The van der Waals surface area contributed by atoms with Crippen LogP contribution in [0, 0.1) is 0 Å². The first-order valence-corrected chi connectivity index (χ1v) is 7.14. The van der Waals surface area contributed by atoms with E-state index in [0.717, 1.165) is 26.9 Å². The second kappa shape index (κ2) is 5.61. The van der Waals surface area contributed by atoms with Crippen LogP contribution < -0.4 is 10.5 Å². The summed E-state index contributed by atoms with van der Waals surface area (Å²) in [7, 11) is 1.63. The number of anilines is 1. The number of halogens is 1. The van der Waals surface area contributed by atoms with Gasteiger partial charge in [-0.3, -0.25) is 0 Å². The Morgan fingerprint density at radius 1 is 1.14 bits per heavy atom. The van der Waals surface area contributed by atoms with Crippen molar-refractivity contribution in [3.8, 4) is 28.2 Å². The van der Waals surface area contributed by atoms with Crippen LogP contribution >= 0.6 is 15.9 Å². The molecular weight excluding hydrogens is 332 g/mol. The molecule has 4 nitrogen and oxygen atoms in total. The van der Waals surface area contributed by atoms with Gasteiger partial charge in [0.2, 0.25) is 0 Å². The molecule has 0 radical (unpaired) electrons. The molecule has 0 bridgehead atoms. The number of para-hydroxylation sites is 1.